The fourth-order valence-corrected chi connectivity index (χ4v) is 3.09. The monoisotopic (exact) mass is 196 g/mol. The van der Waals surface area contributed by atoms with Crippen LogP contribution in [-0.2, 0) is 4.79 Å². The molecule has 14 heavy (non-hydrogen) atoms. The van der Waals surface area contributed by atoms with Crippen molar-refractivity contribution in [2.45, 2.75) is 32.2 Å². The summed E-state index contributed by atoms with van der Waals surface area (Å²) in [4.78, 5) is 13.3. The van der Waals surface area contributed by atoms with Crippen LogP contribution in [0, 0.1) is 11.8 Å². The van der Waals surface area contributed by atoms with Crippen molar-refractivity contribution in [2.75, 3.05) is 20.1 Å². The van der Waals surface area contributed by atoms with E-state index >= 15 is 0 Å². The number of hydrogen-bond acceptors (Lipinski definition) is 2. The molecule has 0 aromatic rings. The molecule has 1 saturated heterocycles. The molecule has 0 aromatic carbocycles. The van der Waals surface area contributed by atoms with Gasteiger partial charge in [-0.1, -0.05) is 6.42 Å². The van der Waals surface area contributed by atoms with E-state index < -0.39 is 0 Å². The molecule has 0 bridgehead atoms. The molecule has 1 saturated carbocycles. The summed E-state index contributed by atoms with van der Waals surface area (Å²) in [7, 11) is 2.05. The highest BCUT2D eigenvalue weighted by atomic mass is 16.2. The average Bonchev–Trinajstić information content (AvgIpc) is 2.60. The zero-order valence-corrected chi connectivity index (χ0v) is 9.12. The number of nitrogens with one attached hydrogen (secondary N) is 1. The molecule has 1 heterocycles. The van der Waals surface area contributed by atoms with Gasteiger partial charge in [-0.05, 0) is 31.7 Å². The molecule has 80 valence electrons. The summed E-state index contributed by atoms with van der Waals surface area (Å²) in [5, 5.41) is 3.40. The standard InChI is InChI=1S/C11H20N2O/c1-8(14)13-6-9-4-3-5-11(12-2)10(9)7-13/h9-12H,3-7H2,1-2H3. The molecule has 1 aliphatic carbocycles. The molecule has 0 radical (unpaired) electrons. The van der Waals surface area contributed by atoms with Gasteiger partial charge in [-0.15, -0.1) is 0 Å². The van der Waals surface area contributed by atoms with Crippen molar-refractivity contribution in [3.05, 3.63) is 0 Å². The maximum absolute atomic E-state index is 11.3. The van der Waals surface area contributed by atoms with E-state index in [-0.39, 0.29) is 5.91 Å². The van der Waals surface area contributed by atoms with E-state index in [1.807, 2.05) is 11.9 Å². The molecule has 3 heteroatoms. The Kier molecular flexibility index (Phi) is 2.77. The summed E-state index contributed by atoms with van der Waals surface area (Å²) < 4.78 is 0. The van der Waals surface area contributed by atoms with Crippen LogP contribution in [-0.4, -0.2) is 37.0 Å². The second kappa shape index (κ2) is 3.89. The molecule has 0 spiro atoms. The maximum Gasteiger partial charge on any atom is 0.219 e. The van der Waals surface area contributed by atoms with E-state index in [9.17, 15) is 4.79 Å². The Balaban J connectivity index is 2.03. The Morgan fingerprint density at radius 3 is 2.79 bits per heavy atom. The van der Waals surface area contributed by atoms with Gasteiger partial charge >= 0.3 is 0 Å². The van der Waals surface area contributed by atoms with Crippen molar-refractivity contribution in [1.82, 2.24) is 10.2 Å². The summed E-state index contributed by atoms with van der Waals surface area (Å²) >= 11 is 0. The number of fused-ring (bicyclic) bond motifs is 1. The van der Waals surface area contributed by atoms with Gasteiger partial charge in [0, 0.05) is 26.1 Å². The van der Waals surface area contributed by atoms with Gasteiger partial charge in [0.1, 0.15) is 0 Å². The number of rotatable bonds is 1. The quantitative estimate of drug-likeness (QED) is 0.674. The summed E-state index contributed by atoms with van der Waals surface area (Å²) in [6.45, 7) is 3.66. The molecular formula is C11H20N2O. The fourth-order valence-electron chi connectivity index (χ4n) is 3.09. The minimum Gasteiger partial charge on any atom is -0.342 e. The van der Waals surface area contributed by atoms with E-state index in [0.29, 0.717) is 12.0 Å². The van der Waals surface area contributed by atoms with Gasteiger partial charge in [0.2, 0.25) is 5.91 Å². The first-order valence-corrected chi connectivity index (χ1v) is 5.65. The molecule has 1 amide bonds. The van der Waals surface area contributed by atoms with Gasteiger partial charge in [-0.2, -0.15) is 0 Å². The van der Waals surface area contributed by atoms with Crippen LogP contribution in [0.4, 0.5) is 0 Å². The minimum absolute atomic E-state index is 0.245. The van der Waals surface area contributed by atoms with Crippen LogP contribution in [0.5, 0.6) is 0 Å². The largest absolute Gasteiger partial charge is 0.342 e. The van der Waals surface area contributed by atoms with Gasteiger partial charge in [0.05, 0.1) is 0 Å². The van der Waals surface area contributed by atoms with Crippen LogP contribution in [0.1, 0.15) is 26.2 Å². The average molecular weight is 196 g/mol. The fraction of sp³-hybridized carbons (Fsp3) is 0.909. The van der Waals surface area contributed by atoms with Gasteiger partial charge < -0.3 is 10.2 Å². The highest BCUT2D eigenvalue weighted by Gasteiger charge is 2.40. The van der Waals surface area contributed by atoms with Crippen molar-refractivity contribution in [3.63, 3.8) is 0 Å². The Morgan fingerprint density at radius 1 is 1.36 bits per heavy atom. The van der Waals surface area contributed by atoms with Crippen LogP contribution in [0.25, 0.3) is 0 Å². The van der Waals surface area contributed by atoms with Gasteiger partial charge in [0.25, 0.3) is 0 Å². The van der Waals surface area contributed by atoms with E-state index in [2.05, 4.69) is 5.32 Å². The minimum atomic E-state index is 0.245. The van der Waals surface area contributed by atoms with Crippen molar-refractivity contribution >= 4 is 5.91 Å². The van der Waals surface area contributed by atoms with Crippen LogP contribution in [0.15, 0.2) is 0 Å². The number of hydrogen-bond donors (Lipinski definition) is 1. The lowest BCUT2D eigenvalue weighted by molar-refractivity contribution is -0.128. The third-order valence-corrected chi connectivity index (χ3v) is 3.91. The van der Waals surface area contributed by atoms with E-state index in [4.69, 9.17) is 0 Å². The molecular weight excluding hydrogens is 176 g/mol. The predicted molar refractivity (Wildman–Crippen MR) is 55.9 cm³/mol. The van der Waals surface area contributed by atoms with Crippen LogP contribution in [0.2, 0.25) is 0 Å². The van der Waals surface area contributed by atoms with Crippen molar-refractivity contribution in [3.8, 4) is 0 Å². The topological polar surface area (TPSA) is 32.3 Å². The number of amides is 1. The predicted octanol–water partition coefficient (Wildman–Crippen LogP) is 0.853. The summed E-state index contributed by atoms with van der Waals surface area (Å²) in [6, 6.07) is 0.637. The van der Waals surface area contributed by atoms with Crippen molar-refractivity contribution in [2.24, 2.45) is 11.8 Å². The summed E-state index contributed by atoms with van der Waals surface area (Å²) in [5.74, 6) is 1.71. The van der Waals surface area contributed by atoms with E-state index in [1.54, 1.807) is 6.92 Å². The molecule has 2 aliphatic rings. The maximum atomic E-state index is 11.3. The third-order valence-electron chi connectivity index (χ3n) is 3.91. The Labute approximate surface area is 85.8 Å². The highest BCUT2D eigenvalue weighted by Crippen LogP contribution is 2.36. The second-order valence-electron chi connectivity index (χ2n) is 4.67. The first kappa shape index (κ1) is 9.97. The van der Waals surface area contributed by atoms with Gasteiger partial charge in [-0.3, -0.25) is 4.79 Å². The van der Waals surface area contributed by atoms with Crippen LogP contribution < -0.4 is 5.32 Å². The Hall–Kier alpha value is -0.570. The first-order valence-electron chi connectivity index (χ1n) is 5.65. The second-order valence-corrected chi connectivity index (χ2v) is 4.67. The summed E-state index contributed by atoms with van der Waals surface area (Å²) in [5.41, 5.74) is 0. The highest BCUT2D eigenvalue weighted by molar-refractivity contribution is 5.73. The normalized spacial score (nSPS) is 37.0. The Bertz CT molecular complexity index is 229. The van der Waals surface area contributed by atoms with Crippen molar-refractivity contribution in [1.29, 1.82) is 0 Å². The molecule has 3 unspecified atom stereocenters. The zero-order chi connectivity index (χ0) is 10.1. The van der Waals surface area contributed by atoms with E-state index in [0.717, 1.165) is 19.0 Å². The third kappa shape index (κ3) is 1.65. The molecule has 1 N–H and O–H groups in total. The first-order chi connectivity index (χ1) is 6.72. The SMILES string of the molecule is CNC1CCCC2CN(C(C)=O)CC21. The molecule has 3 nitrogen and oxygen atoms in total. The molecule has 2 fully saturated rings. The lowest BCUT2D eigenvalue weighted by Crippen LogP contribution is -2.40. The zero-order valence-electron chi connectivity index (χ0n) is 9.12. The number of likely N-dealkylation sites (tertiary alicyclic amines) is 1. The molecule has 3 atom stereocenters. The van der Waals surface area contributed by atoms with Crippen LogP contribution in [0.3, 0.4) is 0 Å². The molecule has 2 rings (SSSR count). The molecule has 0 aromatic heterocycles. The van der Waals surface area contributed by atoms with Gasteiger partial charge in [-0.25, -0.2) is 0 Å². The number of carbonyl (C=O) groups excluding carboxylic acids is 1. The van der Waals surface area contributed by atoms with E-state index in [1.165, 1.54) is 19.3 Å². The number of nitrogens with zero attached hydrogens (tertiary/aromatic N) is 1. The van der Waals surface area contributed by atoms with Crippen LogP contribution >= 0.6 is 0 Å². The lowest BCUT2D eigenvalue weighted by atomic mass is 9.78. The lowest BCUT2D eigenvalue weighted by Gasteiger charge is -2.32. The van der Waals surface area contributed by atoms with Gasteiger partial charge in [0.15, 0.2) is 0 Å². The smallest absolute Gasteiger partial charge is 0.219 e. The molecule has 1 aliphatic heterocycles. The summed E-state index contributed by atoms with van der Waals surface area (Å²) in [6.07, 6.45) is 3.91. The van der Waals surface area contributed by atoms with Crippen molar-refractivity contribution < 1.29 is 4.79 Å². The Morgan fingerprint density at radius 2 is 2.14 bits per heavy atom. The number of carbonyl (C=O) groups is 1.